The van der Waals surface area contributed by atoms with E-state index in [9.17, 15) is 4.79 Å². The van der Waals surface area contributed by atoms with Crippen molar-refractivity contribution in [1.82, 2.24) is 34.9 Å². The Morgan fingerprint density at radius 1 is 1.16 bits per heavy atom. The summed E-state index contributed by atoms with van der Waals surface area (Å²) in [6.45, 7) is 5.93. The first-order chi connectivity index (χ1) is 15.3. The number of aliphatic carboxylic acids is 1. The van der Waals surface area contributed by atoms with Crippen LogP contribution in [0.2, 0.25) is 0 Å². The smallest absolute Gasteiger partial charge is 0.325 e. The zero-order valence-electron chi connectivity index (χ0n) is 17.8. The van der Waals surface area contributed by atoms with Gasteiger partial charge in [-0.2, -0.15) is 10.1 Å². The van der Waals surface area contributed by atoms with Crippen molar-refractivity contribution in [3.8, 4) is 22.7 Å². The van der Waals surface area contributed by atoms with Gasteiger partial charge in [-0.1, -0.05) is 25.1 Å². The van der Waals surface area contributed by atoms with Gasteiger partial charge in [0.2, 0.25) is 5.95 Å². The van der Waals surface area contributed by atoms with Gasteiger partial charge in [-0.25, -0.2) is 9.97 Å². The number of carboxylic acid groups (broad SMARTS) is 1. The minimum atomic E-state index is -0.986. The van der Waals surface area contributed by atoms with E-state index in [0.717, 1.165) is 16.8 Å². The standard InChI is InChI=1S/C21H22N8O3/c1-12(2)21(3,15-4-5-16(23-9-15)13-6-24-20(22)25-7-13)19-27-18(32-28-19)14-8-26-29(10-14)11-17(30)31/h4-10,12H,11H2,1-3H3,(H,30,31)(H2,22,24,25)/t21-/m1/s1. The predicted molar refractivity (Wildman–Crippen MR) is 114 cm³/mol. The van der Waals surface area contributed by atoms with Gasteiger partial charge in [0.05, 0.1) is 22.9 Å². The van der Waals surface area contributed by atoms with Crippen LogP contribution in [0.25, 0.3) is 22.7 Å². The van der Waals surface area contributed by atoms with Gasteiger partial charge in [-0.05, 0) is 24.5 Å². The molecule has 0 aromatic carbocycles. The molecule has 0 unspecified atom stereocenters. The zero-order valence-corrected chi connectivity index (χ0v) is 17.8. The molecular weight excluding hydrogens is 412 g/mol. The quantitative estimate of drug-likeness (QED) is 0.442. The van der Waals surface area contributed by atoms with Gasteiger partial charge in [0.25, 0.3) is 5.89 Å². The topological polar surface area (TPSA) is 159 Å². The molecule has 11 heteroatoms. The number of nitrogens with zero attached hydrogens (tertiary/aromatic N) is 7. The lowest BCUT2D eigenvalue weighted by molar-refractivity contribution is -0.137. The number of carboxylic acids is 1. The fourth-order valence-corrected chi connectivity index (χ4v) is 3.31. The van der Waals surface area contributed by atoms with Crippen LogP contribution in [0.5, 0.6) is 0 Å². The molecule has 0 fully saturated rings. The summed E-state index contributed by atoms with van der Waals surface area (Å²) in [4.78, 5) is 28.1. The summed E-state index contributed by atoms with van der Waals surface area (Å²) in [5, 5.41) is 17.2. The summed E-state index contributed by atoms with van der Waals surface area (Å²) in [5.74, 6) is 0.111. The van der Waals surface area contributed by atoms with E-state index in [1.54, 1.807) is 24.8 Å². The third kappa shape index (κ3) is 3.92. The molecule has 3 N–H and O–H groups in total. The molecule has 11 nitrogen and oxygen atoms in total. The Balaban J connectivity index is 1.65. The van der Waals surface area contributed by atoms with Crippen LogP contribution in [0.3, 0.4) is 0 Å². The molecule has 164 valence electrons. The van der Waals surface area contributed by atoms with Gasteiger partial charge in [0, 0.05) is 30.4 Å². The number of aromatic nitrogens is 7. The average Bonchev–Trinajstić information content (AvgIpc) is 3.43. The van der Waals surface area contributed by atoms with E-state index in [1.807, 2.05) is 19.1 Å². The van der Waals surface area contributed by atoms with Crippen molar-refractivity contribution < 1.29 is 14.4 Å². The van der Waals surface area contributed by atoms with Crippen molar-refractivity contribution in [2.75, 3.05) is 5.73 Å². The molecule has 4 aromatic rings. The van der Waals surface area contributed by atoms with Gasteiger partial charge in [-0.3, -0.25) is 14.5 Å². The normalized spacial score (nSPS) is 13.2. The Morgan fingerprint density at radius 2 is 1.91 bits per heavy atom. The Hall–Kier alpha value is -4.15. The number of carbonyl (C=O) groups is 1. The third-order valence-corrected chi connectivity index (χ3v) is 5.55. The van der Waals surface area contributed by atoms with Gasteiger partial charge < -0.3 is 15.4 Å². The Morgan fingerprint density at radius 3 is 2.53 bits per heavy atom. The van der Waals surface area contributed by atoms with Crippen molar-refractivity contribution in [3.05, 3.63) is 54.5 Å². The number of rotatable bonds is 7. The second-order valence-corrected chi connectivity index (χ2v) is 7.86. The number of nitrogen functional groups attached to an aromatic ring is 1. The summed E-state index contributed by atoms with van der Waals surface area (Å²) in [7, 11) is 0. The molecule has 0 aliphatic heterocycles. The lowest BCUT2D eigenvalue weighted by Gasteiger charge is -2.30. The summed E-state index contributed by atoms with van der Waals surface area (Å²) < 4.78 is 6.78. The number of anilines is 1. The van der Waals surface area contributed by atoms with Crippen LogP contribution >= 0.6 is 0 Å². The minimum Gasteiger partial charge on any atom is -0.480 e. The number of hydrogen-bond acceptors (Lipinski definition) is 9. The second kappa shape index (κ2) is 8.17. The van der Waals surface area contributed by atoms with E-state index in [1.165, 1.54) is 10.9 Å². The van der Waals surface area contributed by atoms with Crippen molar-refractivity contribution in [2.24, 2.45) is 5.92 Å². The third-order valence-electron chi connectivity index (χ3n) is 5.55. The van der Waals surface area contributed by atoms with Crippen molar-refractivity contribution in [2.45, 2.75) is 32.7 Å². The average molecular weight is 434 g/mol. The molecule has 0 radical (unpaired) electrons. The molecule has 0 saturated heterocycles. The molecule has 4 heterocycles. The lowest BCUT2D eigenvalue weighted by Crippen LogP contribution is -2.31. The van der Waals surface area contributed by atoms with Crippen LogP contribution < -0.4 is 5.73 Å². The lowest BCUT2D eigenvalue weighted by atomic mass is 9.73. The zero-order chi connectivity index (χ0) is 22.9. The highest BCUT2D eigenvalue weighted by Gasteiger charge is 2.38. The fourth-order valence-electron chi connectivity index (χ4n) is 3.31. The van der Waals surface area contributed by atoms with E-state index in [-0.39, 0.29) is 24.3 Å². The maximum absolute atomic E-state index is 10.9. The molecule has 4 rings (SSSR count). The van der Waals surface area contributed by atoms with Gasteiger partial charge in [0.1, 0.15) is 6.54 Å². The van der Waals surface area contributed by atoms with Gasteiger partial charge in [-0.15, -0.1) is 0 Å². The molecular formula is C21H22N8O3. The first kappa shape index (κ1) is 21.1. The summed E-state index contributed by atoms with van der Waals surface area (Å²) in [6.07, 6.45) is 8.09. The van der Waals surface area contributed by atoms with Gasteiger partial charge in [0.15, 0.2) is 5.82 Å². The van der Waals surface area contributed by atoms with Crippen molar-refractivity contribution >= 4 is 11.9 Å². The highest BCUT2D eigenvalue weighted by molar-refractivity contribution is 5.66. The largest absolute Gasteiger partial charge is 0.480 e. The first-order valence-electron chi connectivity index (χ1n) is 9.90. The maximum Gasteiger partial charge on any atom is 0.325 e. The van der Waals surface area contributed by atoms with Crippen molar-refractivity contribution in [1.29, 1.82) is 0 Å². The monoisotopic (exact) mass is 434 g/mol. The van der Waals surface area contributed by atoms with E-state index in [2.05, 4.69) is 44.0 Å². The van der Waals surface area contributed by atoms with E-state index in [4.69, 9.17) is 15.4 Å². The van der Waals surface area contributed by atoms with Crippen LogP contribution in [0, 0.1) is 5.92 Å². The molecule has 0 bridgehead atoms. The number of hydrogen-bond donors (Lipinski definition) is 2. The molecule has 4 aromatic heterocycles. The van der Waals surface area contributed by atoms with E-state index in [0.29, 0.717) is 11.4 Å². The predicted octanol–water partition coefficient (Wildman–Crippen LogP) is 2.41. The second-order valence-electron chi connectivity index (χ2n) is 7.86. The number of pyridine rings is 1. The SMILES string of the molecule is CC(C)[C@](C)(c1ccc(-c2cnc(N)nc2)nc1)c1noc(-c2cnn(CC(=O)O)c2)n1. The van der Waals surface area contributed by atoms with Crippen LogP contribution in [0.15, 0.2) is 47.6 Å². The Bertz CT molecular complexity index is 1230. The molecule has 0 amide bonds. The molecule has 1 atom stereocenters. The molecule has 0 aliphatic rings. The highest BCUT2D eigenvalue weighted by Crippen LogP contribution is 2.38. The maximum atomic E-state index is 10.9. The first-order valence-corrected chi connectivity index (χ1v) is 9.90. The molecule has 0 aliphatic carbocycles. The van der Waals surface area contributed by atoms with Crippen LogP contribution in [0.4, 0.5) is 5.95 Å². The van der Waals surface area contributed by atoms with E-state index < -0.39 is 11.4 Å². The summed E-state index contributed by atoms with van der Waals surface area (Å²) >= 11 is 0. The van der Waals surface area contributed by atoms with Gasteiger partial charge >= 0.3 is 5.97 Å². The van der Waals surface area contributed by atoms with Crippen LogP contribution in [-0.4, -0.2) is 45.9 Å². The van der Waals surface area contributed by atoms with Crippen molar-refractivity contribution in [3.63, 3.8) is 0 Å². The minimum absolute atomic E-state index is 0.121. The molecule has 0 spiro atoms. The Labute approximate surface area is 183 Å². The van der Waals surface area contributed by atoms with Crippen LogP contribution in [0.1, 0.15) is 32.2 Å². The summed E-state index contributed by atoms with van der Waals surface area (Å²) in [5.41, 5.74) is 7.92. The molecule has 32 heavy (non-hydrogen) atoms. The van der Waals surface area contributed by atoms with Crippen LogP contribution in [-0.2, 0) is 16.8 Å². The molecule has 0 saturated carbocycles. The fraction of sp³-hybridized carbons (Fsp3) is 0.286. The number of nitrogens with two attached hydrogens (primary N) is 1. The summed E-state index contributed by atoms with van der Waals surface area (Å²) in [6, 6.07) is 3.86. The van der Waals surface area contributed by atoms with E-state index >= 15 is 0 Å². The highest BCUT2D eigenvalue weighted by atomic mass is 16.5. The Kier molecular flexibility index (Phi) is 5.39.